The SMILES string of the molecule is CCOC(=O)CCNCc1c(C(=O)O)oc2ccccc12. The van der Waals surface area contributed by atoms with Crippen LogP contribution in [0.25, 0.3) is 11.0 Å². The summed E-state index contributed by atoms with van der Waals surface area (Å²) in [6.45, 7) is 2.84. The van der Waals surface area contributed by atoms with E-state index in [1.807, 2.05) is 12.1 Å². The maximum atomic E-state index is 11.2. The molecule has 112 valence electrons. The van der Waals surface area contributed by atoms with Crippen molar-refractivity contribution in [2.75, 3.05) is 13.2 Å². The van der Waals surface area contributed by atoms with Gasteiger partial charge in [-0.25, -0.2) is 4.79 Å². The molecule has 0 aliphatic heterocycles. The summed E-state index contributed by atoms with van der Waals surface area (Å²) in [7, 11) is 0. The number of aromatic carboxylic acids is 1. The molecule has 0 amide bonds. The monoisotopic (exact) mass is 291 g/mol. The van der Waals surface area contributed by atoms with Crippen molar-refractivity contribution in [1.29, 1.82) is 0 Å². The largest absolute Gasteiger partial charge is 0.475 e. The second kappa shape index (κ2) is 6.90. The number of nitrogens with one attached hydrogen (secondary N) is 1. The third-order valence-electron chi connectivity index (χ3n) is 3.01. The van der Waals surface area contributed by atoms with Crippen molar-refractivity contribution < 1.29 is 23.8 Å². The lowest BCUT2D eigenvalue weighted by Gasteiger charge is -2.04. The van der Waals surface area contributed by atoms with E-state index in [0.717, 1.165) is 5.39 Å². The average molecular weight is 291 g/mol. The van der Waals surface area contributed by atoms with E-state index in [4.69, 9.17) is 9.15 Å². The van der Waals surface area contributed by atoms with Gasteiger partial charge in [-0.1, -0.05) is 18.2 Å². The maximum absolute atomic E-state index is 11.2. The highest BCUT2D eigenvalue weighted by molar-refractivity contribution is 5.95. The van der Waals surface area contributed by atoms with Gasteiger partial charge in [-0.3, -0.25) is 4.79 Å². The molecule has 0 unspecified atom stereocenters. The van der Waals surface area contributed by atoms with Gasteiger partial charge in [0.05, 0.1) is 13.0 Å². The van der Waals surface area contributed by atoms with Crippen LogP contribution in [-0.2, 0) is 16.1 Å². The van der Waals surface area contributed by atoms with Gasteiger partial charge in [0, 0.05) is 24.0 Å². The minimum absolute atomic E-state index is 0.0696. The van der Waals surface area contributed by atoms with Crippen LogP contribution in [0.2, 0.25) is 0 Å². The van der Waals surface area contributed by atoms with E-state index >= 15 is 0 Å². The summed E-state index contributed by atoms with van der Waals surface area (Å²) in [5.41, 5.74) is 1.12. The number of esters is 1. The number of para-hydroxylation sites is 1. The molecule has 2 aromatic rings. The normalized spacial score (nSPS) is 10.7. The molecule has 0 saturated heterocycles. The molecular weight excluding hydrogens is 274 g/mol. The van der Waals surface area contributed by atoms with E-state index in [0.29, 0.717) is 30.8 Å². The fourth-order valence-corrected chi connectivity index (χ4v) is 2.08. The molecule has 21 heavy (non-hydrogen) atoms. The van der Waals surface area contributed by atoms with Gasteiger partial charge in [-0.15, -0.1) is 0 Å². The van der Waals surface area contributed by atoms with Gasteiger partial charge in [0.25, 0.3) is 0 Å². The molecule has 0 atom stereocenters. The molecule has 1 aromatic carbocycles. The van der Waals surface area contributed by atoms with Crippen LogP contribution in [0.3, 0.4) is 0 Å². The van der Waals surface area contributed by atoms with Crippen LogP contribution in [0, 0.1) is 0 Å². The standard InChI is InChI=1S/C15H17NO5/c1-2-20-13(17)7-8-16-9-11-10-5-3-4-6-12(10)21-14(11)15(18)19/h3-6,16H,2,7-9H2,1H3,(H,18,19). The highest BCUT2D eigenvalue weighted by Crippen LogP contribution is 2.25. The van der Waals surface area contributed by atoms with E-state index in [1.54, 1.807) is 19.1 Å². The molecule has 0 spiro atoms. The predicted molar refractivity (Wildman–Crippen MR) is 76.1 cm³/mol. The number of hydrogen-bond donors (Lipinski definition) is 2. The van der Waals surface area contributed by atoms with E-state index in [2.05, 4.69) is 5.32 Å². The number of furan rings is 1. The highest BCUT2D eigenvalue weighted by Gasteiger charge is 2.19. The molecule has 0 fully saturated rings. The molecule has 0 aliphatic carbocycles. The number of ether oxygens (including phenoxy) is 1. The summed E-state index contributed by atoms with van der Waals surface area (Å²) in [4.78, 5) is 22.4. The lowest BCUT2D eigenvalue weighted by Crippen LogP contribution is -2.20. The Labute approximate surface area is 121 Å². The minimum atomic E-state index is -1.10. The number of carboxylic acid groups (broad SMARTS) is 1. The Kier molecular flexibility index (Phi) is 4.94. The zero-order valence-electron chi connectivity index (χ0n) is 11.7. The highest BCUT2D eigenvalue weighted by atomic mass is 16.5. The topological polar surface area (TPSA) is 88.8 Å². The van der Waals surface area contributed by atoms with Crippen molar-refractivity contribution in [2.45, 2.75) is 19.9 Å². The summed E-state index contributed by atoms with van der Waals surface area (Å²) in [6.07, 6.45) is 0.242. The predicted octanol–water partition coefficient (Wildman–Crippen LogP) is 2.17. The second-order valence-electron chi connectivity index (χ2n) is 4.44. The van der Waals surface area contributed by atoms with Crippen LogP contribution in [0.15, 0.2) is 28.7 Å². The first-order valence-corrected chi connectivity index (χ1v) is 6.73. The molecule has 0 aliphatic rings. The van der Waals surface area contributed by atoms with Gasteiger partial charge in [-0.2, -0.15) is 0 Å². The van der Waals surface area contributed by atoms with Gasteiger partial charge in [-0.05, 0) is 13.0 Å². The van der Waals surface area contributed by atoms with Crippen molar-refractivity contribution in [3.8, 4) is 0 Å². The molecule has 6 nitrogen and oxygen atoms in total. The Morgan fingerprint density at radius 3 is 2.81 bits per heavy atom. The van der Waals surface area contributed by atoms with Gasteiger partial charge in [0.15, 0.2) is 0 Å². The molecule has 2 rings (SSSR count). The Morgan fingerprint density at radius 1 is 1.33 bits per heavy atom. The summed E-state index contributed by atoms with van der Waals surface area (Å²) in [5.74, 6) is -1.45. The first kappa shape index (κ1) is 15.1. The van der Waals surface area contributed by atoms with Crippen molar-refractivity contribution in [3.05, 3.63) is 35.6 Å². The number of carbonyl (C=O) groups excluding carboxylic acids is 1. The molecule has 0 radical (unpaired) electrons. The number of fused-ring (bicyclic) bond motifs is 1. The Morgan fingerprint density at radius 2 is 2.10 bits per heavy atom. The smallest absolute Gasteiger partial charge is 0.372 e. The van der Waals surface area contributed by atoms with Crippen LogP contribution in [-0.4, -0.2) is 30.2 Å². The van der Waals surface area contributed by atoms with Gasteiger partial charge >= 0.3 is 11.9 Å². The van der Waals surface area contributed by atoms with Crippen molar-refractivity contribution in [2.24, 2.45) is 0 Å². The quantitative estimate of drug-likeness (QED) is 0.600. The maximum Gasteiger partial charge on any atom is 0.372 e. The van der Waals surface area contributed by atoms with Crippen molar-refractivity contribution >= 4 is 22.9 Å². The summed E-state index contributed by atoms with van der Waals surface area (Å²) < 4.78 is 10.2. The Hall–Kier alpha value is -2.34. The molecular formula is C15H17NO5. The van der Waals surface area contributed by atoms with Crippen LogP contribution >= 0.6 is 0 Å². The van der Waals surface area contributed by atoms with Crippen LogP contribution in [0.1, 0.15) is 29.5 Å². The minimum Gasteiger partial charge on any atom is -0.475 e. The summed E-state index contributed by atoms with van der Waals surface area (Å²) >= 11 is 0. The number of rotatable bonds is 7. The number of carboxylic acids is 1. The van der Waals surface area contributed by atoms with Gasteiger partial charge in [0.2, 0.25) is 5.76 Å². The zero-order valence-corrected chi connectivity index (χ0v) is 11.7. The van der Waals surface area contributed by atoms with Gasteiger partial charge < -0.3 is 19.6 Å². The van der Waals surface area contributed by atoms with Gasteiger partial charge in [0.1, 0.15) is 5.58 Å². The van der Waals surface area contributed by atoms with Crippen LogP contribution in [0.4, 0.5) is 0 Å². The van der Waals surface area contributed by atoms with Crippen LogP contribution < -0.4 is 5.32 Å². The van der Waals surface area contributed by atoms with E-state index in [9.17, 15) is 14.7 Å². The number of hydrogen-bond acceptors (Lipinski definition) is 5. The molecule has 6 heteroatoms. The molecule has 0 saturated carbocycles. The lowest BCUT2D eigenvalue weighted by molar-refractivity contribution is -0.142. The molecule has 1 aromatic heterocycles. The van der Waals surface area contributed by atoms with E-state index in [-0.39, 0.29) is 18.2 Å². The summed E-state index contributed by atoms with van der Waals surface area (Å²) in [5, 5.41) is 13.0. The fraction of sp³-hybridized carbons (Fsp3) is 0.333. The van der Waals surface area contributed by atoms with Crippen LogP contribution in [0.5, 0.6) is 0 Å². The molecule has 1 heterocycles. The Balaban J connectivity index is 2.05. The first-order chi connectivity index (χ1) is 10.1. The molecule has 2 N–H and O–H groups in total. The fourth-order valence-electron chi connectivity index (χ4n) is 2.08. The van der Waals surface area contributed by atoms with Crippen molar-refractivity contribution in [1.82, 2.24) is 5.32 Å². The van der Waals surface area contributed by atoms with E-state index < -0.39 is 5.97 Å². The average Bonchev–Trinajstić information content (AvgIpc) is 2.83. The van der Waals surface area contributed by atoms with E-state index in [1.165, 1.54) is 0 Å². The third kappa shape index (κ3) is 3.61. The lowest BCUT2D eigenvalue weighted by atomic mass is 10.1. The number of carbonyl (C=O) groups is 2. The second-order valence-corrected chi connectivity index (χ2v) is 4.44. The van der Waals surface area contributed by atoms with Crippen molar-refractivity contribution in [3.63, 3.8) is 0 Å². The third-order valence-corrected chi connectivity index (χ3v) is 3.01. The first-order valence-electron chi connectivity index (χ1n) is 6.73. The summed E-state index contributed by atoms with van der Waals surface area (Å²) in [6, 6.07) is 7.15. The Bertz CT molecular complexity index is 647. The zero-order chi connectivity index (χ0) is 15.2. The number of benzene rings is 1. The molecule has 0 bridgehead atoms.